The van der Waals surface area contributed by atoms with Gasteiger partial charge in [0.2, 0.25) is 15.9 Å². The highest BCUT2D eigenvalue weighted by Crippen LogP contribution is 2.08. The highest BCUT2D eigenvalue weighted by Gasteiger charge is 2.19. The van der Waals surface area contributed by atoms with Gasteiger partial charge in [0, 0.05) is 19.3 Å². The molecule has 0 fully saturated rings. The van der Waals surface area contributed by atoms with Crippen molar-refractivity contribution in [3.8, 4) is 0 Å². The first-order chi connectivity index (χ1) is 9.32. The maximum Gasteiger partial charge on any atom is 0.239 e. The van der Waals surface area contributed by atoms with Gasteiger partial charge in [0.05, 0.1) is 19.4 Å². The van der Waals surface area contributed by atoms with E-state index in [2.05, 4.69) is 5.32 Å². The van der Waals surface area contributed by atoms with Crippen LogP contribution in [0.3, 0.4) is 0 Å². The Morgan fingerprint density at radius 3 is 2.45 bits per heavy atom. The van der Waals surface area contributed by atoms with E-state index in [0.29, 0.717) is 5.69 Å². The van der Waals surface area contributed by atoms with Crippen LogP contribution >= 0.6 is 0 Å². The van der Waals surface area contributed by atoms with Crippen molar-refractivity contribution < 1.29 is 22.3 Å². The molecule has 8 heteroatoms. The predicted octanol–water partition coefficient (Wildman–Crippen LogP) is 0.672. The minimum absolute atomic E-state index is 0.0895. The zero-order valence-corrected chi connectivity index (χ0v) is 12.1. The Kier molecular flexibility index (Phi) is 6.05. The fourth-order valence-corrected chi connectivity index (χ4v) is 2.21. The van der Waals surface area contributed by atoms with Gasteiger partial charge in [-0.3, -0.25) is 4.79 Å². The van der Waals surface area contributed by atoms with Gasteiger partial charge in [-0.05, 0) is 24.3 Å². The SMILES string of the molecule is COCCN(CC(=O)Nc1ccc(F)cc1)S(C)(=O)=O. The quantitative estimate of drug-likeness (QED) is 0.803. The minimum atomic E-state index is -3.50. The lowest BCUT2D eigenvalue weighted by Crippen LogP contribution is -2.39. The fraction of sp³-hybridized carbons (Fsp3) is 0.417. The van der Waals surface area contributed by atoms with E-state index in [1.807, 2.05) is 0 Å². The van der Waals surface area contributed by atoms with E-state index in [9.17, 15) is 17.6 Å². The van der Waals surface area contributed by atoms with Crippen LogP contribution in [0.4, 0.5) is 10.1 Å². The van der Waals surface area contributed by atoms with Crippen LogP contribution in [0.2, 0.25) is 0 Å². The number of nitrogens with zero attached hydrogens (tertiary/aromatic N) is 1. The second-order valence-electron chi connectivity index (χ2n) is 4.14. The number of rotatable bonds is 7. The van der Waals surface area contributed by atoms with E-state index in [0.717, 1.165) is 10.6 Å². The summed E-state index contributed by atoms with van der Waals surface area (Å²) in [4.78, 5) is 11.8. The number of nitrogens with one attached hydrogen (secondary N) is 1. The first-order valence-corrected chi connectivity index (χ1v) is 7.67. The number of methoxy groups -OCH3 is 1. The third-order valence-electron chi connectivity index (χ3n) is 2.46. The number of benzene rings is 1. The van der Waals surface area contributed by atoms with Crippen LogP contribution in [-0.4, -0.2) is 51.7 Å². The van der Waals surface area contributed by atoms with Crippen molar-refractivity contribution in [2.24, 2.45) is 0 Å². The van der Waals surface area contributed by atoms with Gasteiger partial charge < -0.3 is 10.1 Å². The Labute approximate surface area is 117 Å². The van der Waals surface area contributed by atoms with E-state index in [4.69, 9.17) is 4.74 Å². The number of halogens is 1. The van der Waals surface area contributed by atoms with E-state index in [1.54, 1.807) is 0 Å². The number of carbonyl (C=O) groups is 1. The predicted molar refractivity (Wildman–Crippen MR) is 73.3 cm³/mol. The summed E-state index contributed by atoms with van der Waals surface area (Å²) in [5, 5.41) is 2.50. The number of anilines is 1. The average molecular weight is 304 g/mol. The molecule has 0 spiro atoms. The molecule has 0 saturated heterocycles. The molecule has 0 saturated carbocycles. The molecule has 1 amide bonds. The van der Waals surface area contributed by atoms with Crippen LogP contribution in [0.1, 0.15) is 0 Å². The molecule has 0 aromatic heterocycles. The molecule has 20 heavy (non-hydrogen) atoms. The van der Waals surface area contributed by atoms with Crippen LogP contribution in [-0.2, 0) is 19.6 Å². The molecule has 1 N–H and O–H groups in total. The van der Waals surface area contributed by atoms with Crippen LogP contribution in [0, 0.1) is 5.82 Å². The summed E-state index contributed by atoms with van der Waals surface area (Å²) in [6.07, 6.45) is 1.02. The molecule has 6 nitrogen and oxygen atoms in total. The molecule has 112 valence electrons. The van der Waals surface area contributed by atoms with Gasteiger partial charge in [-0.1, -0.05) is 0 Å². The van der Waals surface area contributed by atoms with Crippen LogP contribution < -0.4 is 5.32 Å². The molecule has 0 radical (unpaired) electrons. The number of sulfonamides is 1. The summed E-state index contributed by atoms with van der Waals surface area (Å²) in [7, 11) is -2.06. The Bertz CT molecular complexity index is 545. The highest BCUT2D eigenvalue weighted by molar-refractivity contribution is 7.88. The number of carbonyl (C=O) groups excluding carboxylic acids is 1. The Morgan fingerprint density at radius 2 is 1.95 bits per heavy atom. The fourth-order valence-electron chi connectivity index (χ4n) is 1.45. The van der Waals surface area contributed by atoms with Crippen molar-refractivity contribution in [3.05, 3.63) is 30.1 Å². The number of hydrogen-bond donors (Lipinski definition) is 1. The largest absolute Gasteiger partial charge is 0.383 e. The van der Waals surface area contributed by atoms with E-state index in [-0.39, 0.29) is 19.7 Å². The summed E-state index contributed by atoms with van der Waals surface area (Å²) >= 11 is 0. The van der Waals surface area contributed by atoms with Gasteiger partial charge >= 0.3 is 0 Å². The lowest BCUT2D eigenvalue weighted by molar-refractivity contribution is -0.116. The topological polar surface area (TPSA) is 75.7 Å². The second kappa shape index (κ2) is 7.32. The van der Waals surface area contributed by atoms with Crippen molar-refractivity contribution >= 4 is 21.6 Å². The summed E-state index contributed by atoms with van der Waals surface area (Å²) < 4.78 is 41.5. The van der Waals surface area contributed by atoms with E-state index in [1.165, 1.54) is 31.4 Å². The molecule has 0 aliphatic rings. The molecule has 0 bridgehead atoms. The summed E-state index contributed by atoms with van der Waals surface area (Å²) in [6.45, 7) is -0.0390. The molecular weight excluding hydrogens is 287 g/mol. The zero-order valence-electron chi connectivity index (χ0n) is 11.3. The Hall–Kier alpha value is -1.51. The lowest BCUT2D eigenvalue weighted by atomic mass is 10.3. The van der Waals surface area contributed by atoms with Crippen molar-refractivity contribution in [1.82, 2.24) is 4.31 Å². The molecule has 1 aromatic rings. The van der Waals surface area contributed by atoms with Gasteiger partial charge in [0.25, 0.3) is 0 Å². The second-order valence-corrected chi connectivity index (χ2v) is 6.13. The summed E-state index contributed by atoms with van der Waals surface area (Å²) in [5.74, 6) is -0.918. The van der Waals surface area contributed by atoms with Crippen molar-refractivity contribution in [3.63, 3.8) is 0 Å². The molecular formula is C12H17FN2O4S. The third-order valence-corrected chi connectivity index (χ3v) is 3.71. The standard InChI is InChI=1S/C12H17FN2O4S/c1-19-8-7-15(20(2,17)18)9-12(16)14-11-5-3-10(13)4-6-11/h3-6H,7-9H2,1-2H3,(H,14,16). The molecule has 0 atom stereocenters. The van der Waals surface area contributed by atoms with Crippen molar-refractivity contribution in [2.45, 2.75) is 0 Å². The lowest BCUT2D eigenvalue weighted by Gasteiger charge is -2.18. The summed E-state index contributed by atoms with van der Waals surface area (Å²) in [5.41, 5.74) is 0.400. The van der Waals surface area contributed by atoms with Gasteiger partial charge in [0.15, 0.2) is 0 Å². The molecule has 1 aromatic carbocycles. The normalized spacial score (nSPS) is 11.6. The molecule has 0 aliphatic carbocycles. The number of amides is 1. The Morgan fingerprint density at radius 1 is 1.35 bits per heavy atom. The van der Waals surface area contributed by atoms with Gasteiger partial charge in [-0.25, -0.2) is 12.8 Å². The monoisotopic (exact) mass is 304 g/mol. The molecule has 0 aliphatic heterocycles. The molecule has 0 unspecified atom stereocenters. The average Bonchev–Trinajstić information content (AvgIpc) is 2.36. The zero-order chi connectivity index (χ0) is 15.2. The number of ether oxygens (including phenoxy) is 1. The first-order valence-electron chi connectivity index (χ1n) is 5.82. The maximum atomic E-state index is 12.7. The number of hydrogen-bond acceptors (Lipinski definition) is 4. The van der Waals surface area contributed by atoms with Gasteiger partial charge in [-0.2, -0.15) is 4.31 Å². The van der Waals surface area contributed by atoms with E-state index < -0.39 is 21.7 Å². The summed E-state index contributed by atoms with van der Waals surface area (Å²) in [6, 6.07) is 5.20. The van der Waals surface area contributed by atoms with Crippen LogP contribution in [0.5, 0.6) is 0 Å². The van der Waals surface area contributed by atoms with E-state index >= 15 is 0 Å². The van der Waals surface area contributed by atoms with Gasteiger partial charge in [0.1, 0.15) is 5.82 Å². The minimum Gasteiger partial charge on any atom is -0.383 e. The van der Waals surface area contributed by atoms with Crippen LogP contribution in [0.25, 0.3) is 0 Å². The first kappa shape index (κ1) is 16.5. The molecule has 0 heterocycles. The maximum absolute atomic E-state index is 12.7. The van der Waals surface area contributed by atoms with Crippen molar-refractivity contribution in [1.29, 1.82) is 0 Å². The van der Waals surface area contributed by atoms with Crippen LogP contribution in [0.15, 0.2) is 24.3 Å². The smallest absolute Gasteiger partial charge is 0.239 e. The van der Waals surface area contributed by atoms with Crippen molar-refractivity contribution in [2.75, 3.05) is 38.4 Å². The molecule has 1 rings (SSSR count). The Balaban J connectivity index is 2.64. The van der Waals surface area contributed by atoms with Gasteiger partial charge in [-0.15, -0.1) is 0 Å². The third kappa shape index (κ3) is 5.64. The highest BCUT2D eigenvalue weighted by atomic mass is 32.2.